The highest BCUT2D eigenvalue weighted by molar-refractivity contribution is 5.70. The van der Waals surface area contributed by atoms with Crippen LogP contribution in [0.2, 0.25) is 0 Å². The van der Waals surface area contributed by atoms with Gasteiger partial charge in [-0.25, -0.2) is 0 Å². The second kappa shape index (κ2) is 3.91. The molecule has 2 aliphatic rings. The van der Waals surface area contributed by atoms with Crippen LogP contribution in [0.25, 0.3) is 0 Å². The molecule has 3 N–H and O–H groups in total. The molecule has 1 heterocycles. The minimum atomic E-state index is -1.13. The minimum absolute atomic E-state index is 0.582. The van der Waals surface area contributed by atoms with Gasteiger partial charge in [0.2, 0.25) is 0 Å². The number of rotatable bonds is 2. The van der Waals surface area contributed by atoms with E-state index in [0.717, 1.165) is 0 Å². The highest BCUT2D eigenvalue weighted by Gasteiger charge is 2.60. The molecule has 0 amide bonds. The lowest BCUT2D eigenvalue weighted by molar-refractivity contribution is -0.186. The van der Waals surface area contributed by atoms with Crippen LogP contribution in [0.4, 0.5) is 0 Å². The van der Waals surface area contributed by atoms with Crippen LogP contribution < -0.4 is 0 Å². The summed E-state index contributed by atoms with van der Waals surface area (Å²) in [5, 5.41) is 28.7. The third-order valence-electron chi connectivity index (χ3n) is 3.59. The van der Waals surface area contributed by atoms with Gasteiger partial charge < -0.3 is 24.8 Å². The Hall–Kier alpha value is -0.690. The molecule has 2 rings (SSSR count). The van der Waals surface area contributed by atoms with Gasteiger partial charge in [0.15, 0.2) is 5.79 Å². The summed E-state index contributed by atoms with van der Waals surface area (Å²) >= 11 is 0. The van der Waals surface area contributed by atoms with Gasteiger partial charge in [0.25, 0.3) is 0 Å². The van der Waals surface area contributed by atoms with Crippen molar-refractivity contribution in [1.82, 2.24) is 0 Å². The molecule has 0 bridgehead atoms. The maximum atomic E-state index is 11.0. The number of hydrogen-bond donors (Lipinski definition) is 3. The van der Waals surface area contributed by atoms with Crippen molar-refractivity contribution in [3.63, 3.8) is 0 Å². The normalized spacial score (nSPS) is 45.6. The Morgan fingerprint density at radius 3 is 2.24 bits per heavy atom. The molecule has 0 aromatic rings. The Kier molecular flexibility index (Phi) is 2.94. The van der Waals surface area contributed by atoms with Crippen LogP contribution in [0.1, 0.15) is 20.8 Å². The summed E-state index contributed by atoms with van der Waals surface area (Å²) in [6.07, 6.45) is -3.48. The number of carboxylic acids is 1. The van der Waals surface area contributed by atoms with Crippen molar-refractivity contribution < 1.29 is 29.6 Å². The van der Waals surface area contributed by atoms with Crippen LogP contribution in [0, 0.1) is 11.8 Å². The molecule has 0 radical (unpaired) electrons. The van der Waals surface area contributed by atoms with Crippen molar-refractivity contribution in [2.75, 3.05) is 0 Å². The Labute approximate surface area is 99.1 Å². The van der Waals surface area contributed by atoms with Gasteiger partial charge in [-0.1, -0.05) is 6.92 Å². The number of fused-ring (bicyclic) bond motifs is 1. The van der Waals surface area contributed by atoms with Crippen LogP contribution >= 0.6 is 0 Å². The molecule has 6 heteroatoms. The van der Waals surface area contributed by atoms with E-state index in [2.05, 4.69) is 0 Å². The van der Waals surface area contributed by atoms with Crippen LogP contribution in [0.15, 0.2) is 0 Å². The van der Waals surface area contributed by atoms with Crippen LogP contribution in [-0.2, 0) is 14.3 Å². The number of aliphatic carboxylic acids is 1. The molecule has 1 saturated carbocycles. The van der Waals surface area contributed by atoms with Crippen LogP contribution in [0.3, 0.4) is 0 Å². The minimum Gasteiger partial charge on any atom is -0.481 e. The molecule has 1 aliphatic heterocycles. The number of ether oxygens (including phenoxy) is 2. The standard InChI is InChI=1S/C11H18O6/c1-4(10(14)15)5-6(12)7(13)9-8(5)16-11(2,3)17-9/h4-9,12-13H,1-3H3,(H,14,15)/t4?,5-,6-,7-,8+,9-/m1/s1. The molecule has 6 atom stereocenters. The molecule has 0 aromatic carbocycles. The fraction of sp³-hybridized carbons (Fsp3) is 0.909. The van der Waals surface area contributed by atoms with Crippen LogP contribution in [0.5, 0.6) is 0 Å². The SMILES string of the molecule is CC(C(=O)O)[C@@H]1[C@@H](O)[C@@H](O)[C@H]2OC(C)(C)O[C@H]21. The molecular weight excluding hydrogens is 228 g/mol. The Balaban J connectivity index is 2.25. The van der Waals surface area contributed by atoms with Gasteiger partial charge in [0.05, 0.1) is 18.1 Å². The first-order valence-electron chi connectivity index (χ1n) is 5.69. The lowest BCUT2D eigenvalue weighted by atomic mass is 9.89. The second-order valence-electron chi connectivity index (χ2n) is 5.25. The Bertz CT molecular complexity index is 328. The highest BCUT2D eigenvalue weighted by Crippen LogP contribution is 2.44. The molecule has 1 saturated heterocycles. The van der Waals surface area contributed by atoms with Crippen molar-refractivity contribution in [3.05, 3.63) is 0 Å². The summed E-state index contributed by atoms with van der Waals surface area (Å²) in [6.45, 7) is 4.90. The first kappa shape index (κ1) is 12.8. The molecule has 1 aliphatic carbocycles. The van der Waals surface area contributed by atoms with Crippen molar-refractivity contribution in [1.29, 1.82) is 0 Å². The number of hydrogen-bond acceptors (Lipinski definition) is 5. The average molecular weight is 246 g/mol. The van der Waals surface area contributed by atoms with E-state index >= 15 is 0 Å². The molecular formula is C11H18O6. The number of aliphatic hydroxyl groups excluding tert-OH is 2. The maximum Gasteiger partial charge on any atom is 0.306 e. The predicted octanol–water partition coefficient (Wildman–Crippen LogP) is -0.421. The van der Waals surface area contributed by atoms with Gasteiger partial charge in [-0.2, -0.15) is 0 Å². The topological polar surface area (TPSA) is 96.2 Å². The molecule has 1 unspecified atom stereocenters. The smallest absolute Gasteiger partial charge is 0.306 e. The third kappa shape index (κ3) is 1.95. The molecule has 17 heavy (non-hydrogen) atoms. The van der Waals surface area contributed by atoms with Gasteiger partial charge in [-0.3, -0.25) is 4.79 Å². The largest absolute Gasteiger partial charge is 0.481 e. The highest BCUT2D eigenvalue weighted by atomic mass is 16.8. The van der Waals surface area contributed by atoms with E-state index in [1.807, 2.05) is 0 Å². The average Bonchev–Trinajstić information content (AvgIpc) is 2.61. The Morgan fingerprint density at radius 2 is 1.71 bits per heavy atom. The van der Waals surface area contributed by atoms with Crippen molar-refractivity contribution >= 4 is 5.97 Å². The lowest BCUT2D eigenvalue weighted by Crippen LogP contribution is -2.39. The summed E-state index contributed by atoms with van der Waals surface area (Å²) in [7, 11) is 0. The van der Waals surface area contributed by atoms with Crippen molar-refractivity contribution in [2.45, 2.75) is 51.0 Å². The van der Waals surface area contributed by atoms with E-state index in [-0.39, 0.29) is 0 Å². The zero-order chi connectivity index (χ0) is 13.0. The lowest BCUT2D eigenvalue weighted by Gasteiger charge is -2.27. The van der Waals surface area contributed by atoms with E-state index < -0.39 is 48.0 Å². The van der Waals surface area contributed by atoms with Gasteiger partial charge in [-0.15, -0.1) is 0 Å². The first-order chi connectivity index (χ1) is 7.74. The monoisotopic (exact) mass is 246 g/mol. The first-order valence-corrected chi connectivity index (χ1v) is 5.69. The summed E-state index contributed by atoms with van der Waals surface area (Å²) in [5.74, 6) is -3.33. The fourth-order valence-corrected chi connectivity index (χ4v) is 2.74. The zero-order valence-electron chi connectivity index (χ0n) is 10.0. The van der Waals surface area contributed by atoms with E-state index in [9.17, 15) is 15.0 Å². The van der Waals surface area contributed by atoms with Crippen molar-refractivity contribution in [3.8, 4) is 0 Å². The van der Waals surface area contributed by atoms with E-state index in [1.54, 1.807) is 13.8 Å². The maximum absolute atomic E-state index is 11.0. The quantitative estimate of drug-likeness (QED) is 0.612. The van der Waals surface area contributed by atoms with Crippen LogP contribution in [-0.4, -0.2) is 51.5 Å². The predicted molar refractivity (Wildman–Crippen MR) is 56.1 cm³/mol. The summed E-state index contributed by atoms with van der Waals surface area (Å²) in [5.41, 5.74) is 0. The van der Waals surface area contributed by atoms with E-state index in [0.29, 0.717) is 0 Å². The molecule has 6 nitrogen and oxygen atoms in total. The Morgan fingerprint density at radius 1 is 1.18 bits per heavy atom. The third-order valence-corrected chi connectivity index (χ3v) is 3.59. The number of aliphatic hydroxyl groups is 2. The van der Waals surface area contributed by atoms with Gasteiger partial charge >= 0.3 is 5.97 Å². The van der Waals surface area contributed by atoms with Gasteiger partial charge in [-0.05, 0) is 13.8 Å². The second-order valence-corrected chi connectivity index (χ2v) is 5.25. The zero-order valence-corrected chi connectivity index (χ0v) is 10.0. The van der Waals surface area contributed by atoms with E-state index in [4.69, 9.17) is 14.6 Å². The summed E-state index contributed by atoms with van der Waals surface area (Å²) < 4.78 is 11.1. The molecule has 0 spiro atoms. The number of carbonyl (C=O) groups is 1. The van der Waals surface area contributed by atoms with Gasteiger partial charge in [0, 0.05) is 5.92 Å². The molecule has 2 fully saturated rings. The molecule has 0 aromatic heterocycles. The number of carboxylic acid groups (broad SMARTS) is 1. The van der Waals surface area contributed by atoms with Gasteiger partial charge in [0.1, 0.15) is 12.2 Å². The van der Waals surface area contributed by atoms with E-state index in [1.165, 1.54) is 6.92 Å². The van der Waals surface area contributed by atoms with Crippen molar-refractivity contribution in [2.24, 2.45) is 11.8 Å². The molecule has 98 valence electrons. The fourth-order valence-electron chi connectivity index (χ4n) is 2.74. The summed E-state index contributed by atoms with van der Waals surface area (Å²) in [4.78, 5) is 11.0. The summed E-state index contributed by atoms with van der Waals surface area (Å²) in [6, 6.07) is 0.